The quantitative estimate of drug-likeness (QED) is 0.701. The van der Waals surface area contributed by atoms with Crippen molar-refractivity contribution >= 4 is 17.9 Å². The summed E-state index contributed by atoms with van der Waals surface area (Å²) in [6.07, 6.45) is 2.78. The Balaban J connectivity index is 2.87. The van der Waals surface area contributed by atoms with Crippen molar-refractivity contribution in [3.8, 4) is 0 Å². The molecular formula is C10H10ClO. The highest BCUT2D eigenvalue weighted by Crippen LogP contribution is 2.19. The molecule has 0 aromatic heterocycles. The molecule has 0 N–H and O–H groups in total. The van der Waals surface area contributed by atoms with Gasteiger partial charge in [-0.05, 0) is 24.1 Å². The van der Waals surface area contributed by atoms with Crippen LogP contribution >= 0.6 is 11.6 Å². The molecule has 1 radical (unpaired) electrons. The van der Waals surface area contributed by atoms with E-state index in [1.165, 1.54) is 0 Å². The van der Waals surface area contributed by atoms with Crippen LogP contribution in [0.15, 0.2) is 24.3 Å². The minimum Gasteiger partial charge on any atom is -0.290 e. The molecule has 1 nitrogen and oxygen atoms in total. The van der Waals surface area contributed by atoms with Crippen LogP contribution in [0.4, 0.5) is 0 Å². The second-order valence-electron chi connectivity index (χ2n) is 2.63. The number of carbonyl (C=O) groups excluding carboxylic acids is 1. The summed E-state index contributed by atoms with van der Waals surface area (Å²) >= 11 is 5.70. The van der Waals surface area contributed by atoms with Gasteiger partial charge in [-0.3, -0.25) is 4.79 Å². The fourth-order valence-electron chi connectivity index (χ4n) is 1.08. The average molecular weight is 182 g/mol. The molecule has 1 rings (SSSR count). The predicted molar refractivity (Wildman–Crippen MR) is 50.2 cm³/mol. The third kappa shape index (κ3) is 2.08. The van der Waals surface area contributed by atoms with Gasteiger partial charge in [0.15, 0.2) is 0 Å². The number of halogens is 1. The zero-order valence-electron chi connectivity index (χ0n) is 6.88. The van der Waals surface area contributed by atoms with Gasteiger partial charge in [0.1, 0.15) is 0 Å². The standard InChI is InChI=1S/C10H10ClO/c1-2-8(7-12)9-3-5-10(11)6-4-9/h3-6,8H,2H2,1H3. The molecule has 0 heterocycles. The van der Waals surface area contributed by atoms with Crippen LogP contribution in [0.3, 0.4) is 0 Å². The normalized spacial score (nSPS) is 12.5. The molecule has 0 saturated heterocycles. The highest BCUT2D eigenvalue weighted by molar-refractivity contribution is 6.30. The van der Waals surface area contributed by atoms with Crippen molar-refractivity contribution in [1.29, 1.82) is 0 Å². The summed E-state index contributed by atoms with van der Waals surface area (Å²) in [5.74, 6) is -0.109. The van der Waals surface area contributed by atoms with E-state index in [4.69, 9.17) is 11.6 Å². The lowest BCUT2D eigenvalue weighted by molar-refractivity contribution is 0.540. The van der Waals surface area contributed by atoms with Crippen molar-refractivity contribution in [1.82, 2.24) is 0 Å². The zero-order valence-corrected chi connectivity index (χ0v) is 7.64. The molecule has 0 aliphatic carbocycles. The molecule has 0 aliphatic rings. The maximum atomic E-state index is 10.5. The molecular weight excluding hydrogens is 172 g/mol. The van der Waals surface area contributed by atoms with Crippen molar-refractivity contribution in [3.63, 3.8) is 0 Å². The smallest absolute Gasteiger partial charge is 0.206 e. The van der Waals surface area contributed by atoms with Gasteiger partial charge >= 0.3 is 0 Å². The fourth-order valence-corrected chi connectivity index (χ4v) is 1.21. The third-order valence-electron chi connectivity index (χ3n) is 1.82. The van der Waals surface area contributed by atoms with E-state index in [1.807, 2.05) is 25.3 Å². The Morgan fingerprint density at radius 3 is 2.42 bits per heavy atom. The summed E-state index contributed by atoms with van der Waals surface area (Å²) < 4.78 is 0. The Bertz CT molecular complexity index is 253. The third-order valence-corrected chi connectivity index (χ3v) is 2.07. The molecule has 0 saturated carbocycles. The first-order valence-corrected chi connectivity index (χ1v) is 4.29. The highest BCUT2D eigenvalue weighted by atomic mass is 35.5. The maximum Gasteiger partial charge on any atom is 0.206 e. The van der Waals surface area contributed by atoms with E-state index in [1.54, 1.807) is 12.1 Å². The van der Waals surface area contributed by atoms with E-state index in [9.17, 15) is 4.79 Å². The van der Waals surface area contributed by atoms with Gasteiger partial charge in [-0.2, -0.15) is 0 Å². The lowest BCUT2D eigenvalue weighted by Gasteiger charge is -2.05. The van der Waals surface area contributed by atoms with Crippen LogP contribution in [0.2, 0.25) is 5.02 Å². The van der Waals surface area contributed by atoms with Crippen molar-refractivity contribution in [2.45, 2.75) is 19.3 Å². The topological polar surface area (TPSA) is 17.1 Å². The highest BCUT2D eigenvalue weighted by Gasteiger charge is 2.07. The van der Waals surface area contributed by atoms with Crippen molar-refractivity contribution in [2.24, 2.45) is 0 Å². The number of hydrogen-bond donors (Lipinski definition) is 0. The zero-order chi connectivity index (χ0) is 8.97. The SMILES string of the molecule is CCC([C]=O)c1ccc(Cl)cc1. The Morgan fingerprint density at radius 1 is 1.42 bits per heavy atom. The average Bonchev–Trinajstić information content (AvgIpc) is 2.10. The number of benzene rings is 1. The van der Waals surface area contributed by atoms with Gasteiger partial charge in [-0.25, -0.2) is 0 Å². The lowest BCUT2D eigenvalue weighted by Crippen LogP contribution is -1.97. The first-order chi connectivity index (χ1) is 5.77. The number of hydrogen-bond acceptors (Lipinski definition) is 1. The molecule has 0 aliphatic heterocycles. The number of rotatable bonds is 3. The van der Waals surface area contributed by atoms with E-state index < -0.39 is 0 Å². The van der Waals surface area contributed by atoms with Crippen molar-refractivity contribution < 1.29 is 4.79 Å². The summed E-state index contributed by atoms with van der Waals surface area (Å²) in [6.45, 7) is 1.96. The molecule has 0 fully saturated rings. The van der Waals surface area contributed by atoms with E-state index in [2.05, 4.69) is 0 Å². The van der Waals surface area contributed by atoms with E-state index in [0.717, 1.165) is 12.0 Å². The Kier molecular flexibility index (Phi) is 3.30. The molecule has 1 atom stereocenters. The van der Waals surface area contributed by atoms with Crippen LogP contribution in [-0.4, -0.2) is 6.29 Å². The Morgan fingerprint density at radius 2 is 2.00 bits per heavy atom. The van der Waals surface area contributed by atoms with E-state index >= 15 is 0 Å². The lowest BCUT2D eigenvalue weighted by atomic mass is 9.98. The summed E-state index contributed by atoms with van der Waals surface area (Å²) in [7, 11) is 0. The molecule has 0 amide bonds. The van der Waals surface area contributed by atoms with Crippen LogP contribution in [-0.2, 0) is 4.79 Å². The molecule has 1 aromatic carbocycles. The maximum absolute atomic E-state index is 10.5. The van der Waals surface area contributed by atoms with Crippen LogP contribution in [0, 0.1) is 0 Å². The fraction of sp³-hybridized carbons (Fsp3) is 0.300. The summed E-state index contributed by atoms with van der Waals surface area (Å²) in [6, 6.07) is 7.30. The molecule has 63 valence electrons. The molecule has 0 bridgehead atoms. The summed E-state index contributed by atoms with van der Waals surface area (Å²) in [4.78, 5) is 10.5. The van der Waals surface area contributed by atoms with Gasteiger partial charge in [0.2, 0.25) is 6.29 Å². The van der Waals surface area contributed by atoms with Crippen LogP contribution in [0.25, 0.3) is 0 Å². The Hall–Kier alpha value is -0.820. The van der Waals surface area contributed by atoms with Crippen LogP contribution in [0.1, 0.15) is 24.8 Å². The molecule has 12 heavy (non-hydrogen) atoms. The van der Waals surface area contributed by atoms with Gasteiger partial charge < -0.3 is 0 Å². The minimum absolute atomic E-state index is 0.109. The molecule has 1 aromatic rings. The van der Waals surface area contributed by atoms with Crippen molar-refractivity contribution in [2.75, 3.05) is 0 Å². The monoisotopic (exact) mass is 181 g/mol. The molecule has 0 spiro atoms. The molecule has 2 heteroatoms. The van der Waals surface area contributed by atoms with Gasteiger partial charge in [0, 0.05) is 5.02 Å². The van der Waals surface area contributed by atoms with Gasteiger partial charge in [0.25, 0.3) is 0 Å². The summed E-state index contributed by atoms with van der Waals surface area (Å²) in [5.41, 5.74) is 0.983. The van der Waals surface area contributed by atoms with Crippen LogP contribution < -0.4 is 0 Å². The van der Waals surface area contributed by atoms with Crippen molar-refractivity contribution in [3.05, 3.63) is 34.9 Å². The minimum atomic E-state index is -0.109. The van der Waals surface area contributed by atoms with E-state index in [0.29, 0.717) is 5.02 Å². The molecule has 1 unspecified atom stereocenters. The second kappa shape index (κ2) is 4.27. The summed E-state index contributed by atoms with van der Waals surface area (Å²) in [5, 5.41) is 0.694. The predicted octanol–water partition coefficient (Wildman–Crippen LogP) is 2.94. The second-order valence-corrected chi connectivity index (χ2v) is 3.07. The van der Waals surface area contributed by atoms with Gasteiger partial charge in [-0.1, -0.05) is 30.7 Å². The van der Waals surface area contributed by atoms with Crippen LogP contribution in [0.5, 0.6) is 0 Å². The largest absolute Gasteiger partial charge is 0.290 e. The van der Waals surface area contributed by atoms with Gasteiger partial charge in [0.05, 0.1) is 5.92 Å². The van der Waals surface area contributed by atoms with Gasteiger partial charge in [-0.15, -0.1) is 0 Å². The van der Waals surface area contributed by atoms with E-state index in [-0.39, 0.29) is 5.92 Å². The first-order valence-electron chi connectivity index (χ1n) is 3.91. The first kappa shape index (κ1) is 9.27. The Labute approximate surface area is 77.4 Å².